The lowest BCUT2D eigenvalue weighted by Gasteiger charge is -2.34. The molecule has 0 radical (unpaired) electrons. The molecular weight excluding hydrogens is 452 g/mol. The minimum Gasteiger partial charge on any atom is -0.481 e. The summed E-state index contributed by atoms with van der Waals surface area (Å²) in [5.74, 6) is -3.23. The zero-order valence-corrected chi connectivity index (χ0v) is 19.4. The van der Waals surface area contributed by atoms with Crippen molar-refractivity contribution in [3.63, 3.8) is 0 Å². The van der Waals surface area contributed by atoms with Gasteiger partial charge in [-0.05, 0) is 29.5 Å². The number of carbonyl (C=O) groups is 4. The standard InChI is InChI=1S/C22H26N2O3.C4H4O4/c25-21-17-23(13-14-24(21)12-6-11-22(26)27)16-20-10-5-4-9-19(20)15-18-7-2-1-3-8-18;5-3(6)1-2-4(7)8/h1-5,7-10H,6,11-17H2,(H,26,27);1-2H,(H,5,6)(H,7,8)/b;2-1-. The van der Waals surface area contributed by atoms with Crippen LogP contribution in [-0.4, -0.2) is 75.1 Å². The Bertz CT molecular complexity index is 1020. The second kappa shape index (κ2) is 14.3. The van der Waals surface area contributed by atoms with Crippen molar-refractivity contribution < 1.29 is 34.5 Å². The van der Waals surface area contributed by atoms with Gasteiger partial charge in [0.2, 0.25) is 5.91 Å². The van der Waals surface area contributed by atoms with E-state index in [-0.39, 0.29) is 12.3 Å². The fourth-order valence-corrected chi connectivity index (χ4v) is 3.63. The van der Waals surface area contributed by atoms with Crippen LogP contribution in [0.5, 0.6) is 0 Å². The van der Waals surface area contributed by atoms with Crippen molar-refractivity contribution in [2.24, 2.45) is 0 Å². The van der Waals surface area contributed by atoms with Crippen LogP contribution >= 0.6 is 0 Å². The zero-order valence-electron chi connectivity index (χ0n) is 19.4. The summed E-state index contributed by atoms with van der Waals surface area (Å²) >= 11 is 0. The number of carboxylic acid groups (broad SMARTS) is 3. The Morgan fingerprint density at radius 3 is 2.00 bits per heavy atom. The Labute approximate surface area is 203 Å². The number of hydrogen-bond donors (Lipinski definition) is 3. The molecule has 35 heavy (non-hydrogen) atoms. The Morgan fingerprint density at radius 2 is 1.43 bits per heavy atom. The van der Waals surface area contributed by atoms with Gasteiger partial charge in [-0.3, -0.25) is 14.5 Å². The molecule has 3 rings (SSSR count). The molecule has 1 aliphatic heterocycles. The van der Waals surface area contributed by atoms with E-state index in [1.807, 2.05) is 12.1 Å². The molecule has 1 amide bonds. The molecule has 0 unspecified atom stereocenters. The van der Waals surface area contributed by atoms with Crippen molar-refractivity contribution in [1.82, 2.24) is 9.80 Å². The van der Waals surface area contributed by atoms with E-state index in [4.69, 9.17) is 15.3 Å². The number of aliphatic carboxylic acids is 3. The van der Waals surface area contributed by atoms with Crippen LogP contribution in [0.4, 0.5) is 0 Å². The van der Waals surface area contributed by atoms with E-state index in [2.05, 4.69) is 47.4 Å². The van der Waals surface area contributed by atoms with Gasteiger partial charge in [0.25, 0.3) is 0 Å². The van der Waals surface area contributed by atoms with Crippen LogP contribution in [-0.2, 0) is 32.1 Å². The van der Waals surface area contributed by atoms with E-state index in [0.29, 0.717) is 38.2 Å². The fraction of sp³-hybridized carbons (Fsp3) is 0.308. The molecule has 1 saturated heterocycles. The molecule has 1 heterocycles. The topological polar surface area (TPSA) is 135 Å². The quantitative estimate of drug-likeness (QED) is 0.440. The van der Waals surface area contributed by atoms with Crippen LogP contribution in [0.3, 0.4) is 0 Å². The molecule has 1 aliphatic rings. The number of piperazine rings is 1. The summed E-state index contributed by atoms with van der Waals surface area (Å²) in [5, 5.41) is 24.4. The van der Waals surface area contributed by atoms with Gasteiger partial charge >= 0.3 is 17.9 Å². The van der Waals surface area contributed by atoms with Crippen LogP contribution in [0.1, 0.15) is 29.5 Å². The normalized spacial score (nSPS) is 13.8. The average Bonchev–Trinajstić information content (AvgIpc) is 2.81. The van der Waals surface area contributed by atoms with E-state index < -0.39 is 17.9 Å². The lowest BCUT2D eigenvalue weighted by Crippen LogP contribution is -2.50. The second-order valence-electron chi connectivity index (χ2n) is 8.03. The monoisotopic (exact) mass is 482 g/mol. The lowest BCUT2D eigenvalue weighted by atomic mass is 9.99. The van der Waals surface area contributed by atoms with Crippen LogP contribution in [0, 0.1) is 0 Å². The summed E-state index contributed by atoms with van der Waals surface area (Å²) in [6.07, 6.45) is 2.63. The first-order valence-corrected chi connectivity index (χ1v) is 11.2. The smallest absolute Gasteiger partial charge is 0.328 e. The Morgan fingerprint density at radius 1 is 0.829 bits per heavy atom. The van der Waals surface area contributed by atoms with Gasteiger partial charge in [0.05, 0.1) is 6.54 Å². The van der Waals surface area contributed by atoms with Crippen molar-refractivity contribution in [1.29, 1.82) is 0 Å². The number of nitrogens with zero attached hydrogens (tertiary/aromatic N) is 2. The lowest BCUT2D eigenvalue weighted by molar-refractivity contribution is -0.139. The summed E-state index contributed by atoms with van der Waals surface area (Å²) in [7, 11) is 0. The second-order valence-corrected chi connectivity index (χ2v) is 8.03. The van der Waals surface area contributed by atoms with E-state index in [1.54, 1.807) is 4.90 Å². The molecular formula is C26H30N2O7. The first-order chi connectivity index (χ1) is 16.7. The molecule has 3 N–H and O–H groups in total. The third-order valence-electron chi connectivity index (χ3n) is 5.33. The van der Waals surface area contributed by atoms with Crippen molar-refractivity contribution >= 4 is 23.8 Å². The number of amides is 1. The molecule has 2 aromatic rings. The van der Waals surface area contributed by atoms with E-state index in [9.17, 15) is 19.2 Å². The average molecular weight is 483 g/mol. The van der Waals surface area contributed by atoms with E-state index in [0.717, 1.165) is 19.5 Å². The minimum absolute atomic E-state index is 0.0900. The SMILES string of the molecule is O=C(O)/C=C\C(=O)O.O=C(O)CCCN1CCN(Cc2ccccc2Cc2ccccc2)CC1=O. The highest BCUT2D eigenvalue weighted by Crippen LogP contribution is 2.18. The van der Waals surface area contributed by atoms with Crippen molar-refractivity contribution in [3.8, 4) is 0 Å². The Kier molecular flexibility index (Phi) is 11.2. The van der Waals surface area contributed by atoms with Crippen LogP contribution in [0.2, 0.25) is 0 Å². The first kappa shape index (κ1) is 27.3. The first-order valence-electron chi connectivity index (χ1n) is 11.2. The summed E-state index contributed by atoms with van der Waals surface area (Å²) in [4.78, 5) is 46.1. The maximum Gasteiger partial charge on any atom is 0.328 e. The van der Waals surface area contributed by atoms with Crippen molar-refractivity contribution in [3.05, 3.63) is 83.4 Å². The maximum atomic E-state index is 12.4. The third-order valence-corrected chi connectivity index (χ3v) is 5.33. The highest BCUT2D eigenvalue weighted by Gasteiger charge is 2.24. The highest BCUT2D eigenvalue weighted by molar-refractivity contribution is 5.89. The van der Waals surface area contributed by atoms with Gasteiger partial charge in [-0.15, -0.1) is 0 Å². The van der Waals surface area contributed by atoms with E-state index >= 15 is 0 Å². The summed E-state index contributed by atoms with van der Waals surface area (Å²) in [6, 6.07) is 18.8. The van der Waals surface area contributed by atoms with Crippen molar-refractivity contribution in [2.45, 2.75) is 25.8 Å². The molecule has 0 atom stereocenters. The van der Waals surface area contributed by atoms with Gasteiger partial charge in [-0.25, -0.2) is 9.59 Å². The van der Waals surface area contributed by atoms with Gasteiger partial charge in [0.1, 0.15) is 0 Å². The molecule has 0 aliphatic carbocycles. The summed E-state index contributed by atoms with van der Waals surface area (Å²) < 4.78 is 0. The Balaban J connectivity index is 0.000000466. The summed E-state index contributed by atoms with van der Waals surface area (Å²) in [5.41, 5.74) is 3.83. The minimum atomic E-state index is -1.26. The number of benzene rings is 2. The fourth-order valence-electron chi connectivity index (χ4n) is 3.63. The van der Waals surface area contributed by atoms with Gasteiger partial charge in [0.15, 0.2) is 0 Å². The molecule has 0 bridgehead atoms. The predicted molar refractivity (Wildman–Crippen MR) is 129 cm³/mol. The number of carbonyl (C=O) groups excluding carboxylic acids is 1. The molecule has 0 aromatic heterocycles. The Hall–Kier alpha value is -3.98. The maximum absolute atomic E-state index is 12.4. The largest absolute Gasteiger partial charge is 0.481 e. The molecule has 2 aromatic carbocycles. The van der Waals surface area contributed by atoms with Gasteiger partial charge in [-0.1, -0.05) is 54.6 Å². The van der Waals surface area contributed by atoms with Gasteiger partial charge < -0.3 is 20.2 Å². The van der Waals surface area contributed by atoms with Gasteiger partial charge in [-0.2, -0.15) is 0 Å². The summed E-state index contributed by atoms with van der Waals surface area (Å²) in [6.45, 7) is 3.17. The molecule has 186 valence electrons. The number of carboxylic acids is 3. The number of rotatable bonds is 10. The molecule has 9 nitrogen and oxygen atoms in total. The van der Waals surface area contributed by atoms with Crippen molar-refractivity contribution in [2.75, 3.05) is 26.2 Å². The molecule has 9 heteroatoms. The highest BCUT2D eigenvalue weighted by atomic mass is 16.4. The third kappa shape index (κ3) is 10.7. The van der Waals surface area contributed by atoms with Gasteiger partial charge in [0, 0.05) is 44.8 Å². The molecule has 1 fully saturated rings. The molecule has 0 saturated carbocycles. The van der Waals surface area contributed by atoms with E-state index in [1.165, 1.54) is 16.7 Å². The predicted octanol–water partition coefficient (Wildman–Crippen LogP) is 2.50. The van der Waals surface area contributed by atoms with Crippen LogP contribution in [0.15, 0.2) is 66.7 Å². The zero-order chi connectivity index (χ0) is 25.6. The number of hydrogen-bond acceptors (Lipinski definition) is 5. The van der Waals surface area contributed by atoms with Crippen LogP contribution < -0.4 is 0 Å². The van der Waals surface area contributed by atoms with Crippen LogP contribution in [0.25, 0.3) is 0 Å². The molecule has 0 spiro atoms.